The number of carboxylic acids is 1. The molecule has 0 saturated heterocycles. The first-order chi connectivity index (χ1) is 9.25. The van der Waals surface area contributed by atoms with E-state index in [1.165, 1.54) is 0 Å². The lowest BCUT2D eigenvalue weighted by molar-refractivity contribution is -0.141. The summed E-state index contributed by atoms with van der Waals surface area (Å²) in [4.78, 5) is 11.4. The van der Waals surface area contributed by atoms with Crippen LogP contribution in [0.3, 0.4) is 0 Å². The van der Waals surface area contributed by atoms with Gasteiger partial charge >= 0.3 is 5.97 Å². The average molecular weight is 282 g/mol. The Morgan fingerprint density at radius 3 is 2.74 bits per heavy atom. The van der Waals surface area contributed by atoms with Gasteiger partial charge in [-0.3, -0.25) is 4.79 Å². The fourth-order valence-electron chi connectivity index (χ4n) is 2.64. The number of tetrazole rings is 1. The Morgan fingerprint density at radius 1 is 1.21 bits per heavy atom. The molecule has 2 unspecified atom stereocenters. The summed E-state index contributed by atoms with van der Waals surface area (Å²) in [5.41, 5.74) is 0. The Hall–Kier alpha value is -1.11. The lowest BCUT2D eigenvalue weighted by atomic mass is 10.0. The van der Waals surface area contributed by atoms with Crippen molar-refractivity contribution in [2.75, 3.05) is 0 Å². The number of rotatable bonds is 4. The van der Waals surface area contributed by atoms with Crippen LogP contribution in [0.4, 0.5) is 0 Å². The van der Waals surface area contributed by atoms with Gasteiger partial charge in [-0.1, -0.05) is 31.0 Å². The molecule has 1 N–H and O–H groups in total. The van der Waals surface area contributed by atoms with Crippen LogP contribution in [0.1, 0.15) is 51.0 Å². The SMILES string of the molecule is O=C(O)C1CCCCCC1Sc1nnnn1C1CC1. The van der Waals surface area contributed by atoms with E-state index in [1.807, 2.05) is 4.68 Å². The summed E-state index contributed by atoms with van der Waals surface area (Å²) in [6.45, 7) is 0. The van der Waals surface area contributed by atoms with Crippen LogP contribution >= 0.6 is 11.8 Å². The smallest absolute Gasteiger partial charge is 0.307 e. The minimum atomic E-state index is -0.676. The van der Waals surface area contributed by atoms with Gasteiger partial charge in [0.1, 0.15) is 0 Å². The summed E-state index contributed by atoms with van der Waals surface area (Å²) in [6, 6.07) is 0.437. The number of thioether (sulfide) groups is 1. The van der Waals surface area contributed by atoms with Crippen molar-refractivity contribution in [1.29, 1.82) is 0 Å². The molecule has 6 nitrogen and oxygen atoms in total. The van der Waals surface area contributed by atoms with E-state index in [0.29, 0.717) is 6.04 Å². The van der Waals surface area contributed by atoms with Crippen molar-refractivity contribution < 1.29 is 9.90 Å². The van der Waals surface area contributed by atoms with E-state index in [9.17, 15) is 9.90 Å². The Morgan fingerprint density at radius 2 is 2.00 bits per heavy atom. The van der Waals surface area contributed by atoms with E-state index in [0.717, 1.165) is 50.1 Å². The summed E-state index contributed by atoms with van der Waals surface area (Å²) >= 11 is 1.56. The molecule has 2 atom stereocenters. The van der Waals surface area contributed by atoms with Crippen LogP contribution in [0.15, 0.2) is 5.16 Å². The number of hydrogen-bond donors (Lipinski definition) is 1. The van der Waals surface area contributed by atoms with Gasteiger partial charge in [0.05, 0.1) is 12.0 Å². The average Bonchev–Trinajstić information content (AvgIpc) is 3.15. The minimum absolute atomic E-state index is 0.100. The van der Waals surface area contributed by atoms with Crippen LogP contribution in [0.5, 0.6) is 0 Å². The van der Waals surface area contributed by atoms with Gasteiger partial charge in [0.15, 0.2) is 0 Å². The molecule has 2 saturated carbocycles. The third-order valence-electron chi connectivity index (χ3n) is 3.88. The van der Waals surface area contributed by atoms with E-state index >= 15 is 0 Å². The first kappa shape index (κ1) is 12.9. The van der Waals surface area contributed by atoms with E-state index in [4.69, 9.17) is 0 Å². The Balaban J connectivity index is 1.74. The fraction of sp³-hybridized carbons (Fsp3) is 0.833. The lowest BCUT2D eigenvalue weighted by Gasteiger charge is -2.20. The van der Waals surface area contributed by atoms with E-state index in [-0.39, 0.29) is 11.2 Å². The summed E-state index contributed by atoms with van der Waals surface area (Å²) in [6.07, 6.45) is 7.23. The Labute approximate surface area is 115 Å². The van der Waals surface area contributed by atoms with Gasteiger partial charge in [0, 0.05) is 5.25 Å². The van der Waals surface area contributed by atoms with Gasteiger partial charge in [-0.25, -0.2) is 4.68 Å². The second-order valence-electron chi connectivity index (χ2n) is 5.38. The molecule has 7 heteroatoms. The molecule has 2 aliphatic carbocycles. The number of hydrogen-bond acceptors (Lipinski definition) is 5. The molecule has 19 heavy (non-hydrogen) atoms. The monoisotopic (exact) mass is 282 g/mol. The normalized spacial score (nSPS) is 28.0. The zero-order valence-electron chi connectivity index (χ0n) is 10.7. The summed E-state index contributed by atoms with van der Waals surface area (Å²) < 4.78 is 1.87. The topological polar surface area (TPSA) is 80.9 Å². The molecule has 0 aliphatic heterocycles. The number of aromatic nitrogens is 4. The quantitative estimate of drug-likeness (QED) is 0.852. The maximum atomic E-state index is 11.4. The van der Waals surface area contributed by atoms with Gasteiger partial charge in [0.25, 0.3) is 0 Å². The highest BCUT2D eigenvalue weighted by Gasteiger charge is 2.34. The highest BCUT2D eigenvalue weighted by molar-refractivity contribution is 7.99. The van der Waals surface area contributed by atoms with E-state index < -0.39 is 5.97 Å². The van der Waals surface area contributed by atoms with E-state index in [1.54, 1.807) is 11.8 Å². The van der Waals surface area contributed by atoms with Crippen molar-refractivity contribution >= 4 is 17.7 Å². The van der Waals surface area contributed by atoms with Crippen LogP contribution in [0.2, 0.25) is 0 Å². The van der Waals surface area contributed by atoms with Gasteiger partial charge in [-0.2, -0.15) is 0 Å². The third-order valence-corrected chi connectivity index (χ3v) is 5.23. The molecule has 1 aromatic rings. The summed E-state index contributed by atoms with van der Waals surface area (Å²) in [5.74, 6) is -0.943. The molecular formula is C12H18N4O2S. The second-order valence-corrected chi connectivity index (χ2v) is 6.58. The van der Waals surface area contributed by atoms with Gasteiger partial charge in [-0.15, -0.1) is 5.10 Å². The van der Waals surface area contributed by atoms with Crippen LogP contribution in [-0.4, -0.2) is 36.5 Å². The number of carbonyl (C=O) groups is 1. The van der Waals surface area contributed by atoms with Gasteiger partial charge in [-0.05, 0) is 36.1 Å². The van der Waals surface area contributed by atoms with Crippen LogP contribution in [-0.2, 0) is 4.79 Å². The van der Waals surface area contributed by atoms with Gasteiger partial charge in [0.2, 0.25) is 5.16 Å². The van der Waals surface area contributed by atoms with E-state index in [2.05, 4.69) is 15.5 Å². The first-order valence-corrected chi connectivity index (χ1v) is 7.81. The summed E-state index contributed by atoms with van der Waals surface area (Å²) in [7, 11) is 0. The predicted octanol–water partition coefficient (Wildman–Crippen LogP) is 2.13. The van der Waals surface area contributed by atoms with Crippen molar-refractivity contribution in [2.45, 2.75) is 61.4 Å². The maximum Gasteiger partial charge on any atom is 0.307 e. The van der Waals surface area contributed by atoms with Crippen molar-refractivity contribution in [1.82, 2.24) is 20.2 Å². The Bertz CT molecular complexity index is 460. The zero-order valence-corrected chi connectivity index (χ0v) is 11.6. The third kappa shape index (κ3) is 2.91. The number of nitrogens with zero attached hydrogens (tertiary/aromatic N) is 4. The molecule has 2 fully saturated rings. The highest BCUT2D eigenvalue weighted by Crippen LogP contribution is 2.40. The molecule has 3 rings (SSSR count). The zero-order chi connectivity index (χ0) is 13.2. The molecule has 0 spiro atoms. The van der Waals surface area contributed by atoms with Gasteiger partial charge < -0.3 is 5.11 Å². The Kier molecular flexibility index (Phi) is 3.72. The molecule has 0 aromatic carbocycles. The largest absolute Gasteiger partial charge is 0.481 e. The number of aliphatic carboxylic acids is 1. The first-order valence-electron chi connectivity index (χ1n) is 6.93. The standard InChI is InChI=1S/C12H18N4O2S/c17-11(18)9-4-2-1-3-5-10(9)19-12-13-14-15-16(12)8-6-7-8/h8-10H,1-7H2,(H,17,18). The van der Waals surface area contributed by atoms with Crippen LogP contribution in [0.25, 0.3) is 0 Å². The molecule has 0 amide bonds. The molecular weight excluding hydrogens is 264 g/mol. The number of carboxylic acid groups (broad SMARTS) is 1. The maximum absolute atomic E-state index is 11.4. The van der Waals surface area contributed by atoms with Crippen LogP contribution < -0.4 is 0 Å². The molecule has 2 aliphatic rings. The summed E-state index contributed by atoms with van der Waals surface area (Å²) in [5, 5.41) is 22.1. The molecule has 104 valence electrons. The van der Waals surface area contributed by atoms with Crippen molar-refractivity contribution in [3.05, 3.63) is 0 Å². The lowest BCUT2D eigenvalue weighted by Crippen LogP contribution is -2.25. The molecule has 0 radical (unpaired) electrons. The van der Waals surface area contributed by atoms with Crippen molar-refractivity contribution in [3.8, 4) is 0 Å². The minimum Gasteiger partial charge on any atom is -0.481 e. The second kappa shape index (κ2) is 5.48. The molecule has 1 heterocycles. The van der Waals surface area contributed by atoms with Crippen LogP contribution in [0, 0.1) is 5.92 Å². The molecule has 1 aromatic heterocycles. The highest BCUT2D eigenvalue weighted by atomic mass is 32.2. The molecule has 0 bridgehead atoms. The van der Waals surface area contributed by atoms with Crippen molar-refractivity contribution in [3.63, 3.8) is 0 Å². The predicted molar refractivity (Wildman–Crippen MR) is 69.9 cm³/mol. The fourth-order valence-corrected chi connectivity index (χ4v) is 3.99. The van der Waals surface area contributed by atoms with Crippen molar-refractivity contribution in [2.24, 2.45) is 5.92 Å².